The van der Waals surface area contributed by atoms with Gasteiger partial charge in [0.15, 0.2) is 0 Å². The second-order valence-electron chi connectivity index (χ2n) is 4.60. The smallest absolute Gasteiger partial charge is 0.0937 e. The number of nitrogens with zero attached hydrogens (tertiary/aromatic N) is 1. The number of hydrogen-bond acceptors (Lipinski definition) is 2. The molecule has 22 heavy (non-hydrogen) atoms. The summed E-state index contributed by atoms with van der Waals surface area (Å²) >= 11 is 0. The first-order chi connectivity index (χ1) is 9.92. The van der Waals surface area contributed by atoms with Crippen molar-refractivity contribution < 1.29 is 57.6 Å². The van der Waals surface area contributed by atoms with Crippen molar-refractivity contribution in [1.82, 2.24) is 4.98 Å². The molecule has 0 saturated carbocycles. The molecule has 1 aliphatic rings. The van der Waals surface area contributed by atoms with E-state index in [9.17, 15) is 0 Å². The Labute approximate surface area is 168 Å². The summed E-state index contributed by atoms with van der Waals surface area (Å²) in [6.07, 6.45) is 1.77. The van der Waals surface area contributed by atoms with Gasteiger partial charge in [-0.15, -0.1) is 6.07 Å². The molecule has 2 radical (unpaired) electrons. The topological polar surface area (TPSA) is 22.1 Å². The average Bonchev–Trinajstić information content (AvgIpc) is 2.55. The molecule has 0 aliphatic carbocycles. The number of benzene rings is 2. The van der Waals surface area contributed by atoms with Crippen molar-refractivity contribution in [1.29, 1.82) is 0 Å². The van der Waals surface area contributed by atoms with Gasteiger partial charge >= 0.3 is 0 Å². The van der Waals surface area contributed by atoms with Crippen LogP contribution in [0.1, 0.15) is 5.56 Å². The number of ether oxygens (including phenoxy) is 1. The van der Waals surface area contributed by atoms with Crippen LogP contribution in [0.15, 0.2) is 48.7 Å². The van der Waals surface area contributed by atoms with E-state index in [2.05, 4.69) is 23.2 Å². The molecule has 0 unspecified atom stereocenters. The van der Waals surface area contributed by atoms with Gasteiger partial charge < -0.3 is 9.72 Å². The summed E-state index contributed by atoms with van der Waals surface area (Å²) < 4.78 is 5.72. The van der Waals surface area contributed by atoms with Crippen LogP contribution in [0.3, 0.4) is 0 Å². The predicted octanol–water partition coefficient (Wildman–Crippen LogP) is 3.70. The zero-order valence-corrected chi connectivity index (χ0v) is 16.8. The molecule has 2 aromatic carbocycles. The van der Waals surface area contributed by atoms with E-state index in [1.807, 2.05) is 42.5 Å². The van der Waals surface area contributed by atoms with Crippen molar-refractivity contribution in [3.8, 4) is 28.1 Å². The maximum absolute atomic E-state index is 5.72. The summed E-state index contributed by atoms with van der Waals surface area (Å²) in [4.78, 5) is 4.38. The third-order valence-corrected chi connectivity index (χ3v) is 3.33. The molecule has 1 aliphatic heterocycles. The maximum Gasteiger partial charge on any atom is 0.0937 e. The standard InChI is InChI=1S/C18H10NO.Ir.Y/c1-2-5-13(6-3-1)14-8-9-16-15(11-14)12-20-17-7-4-10-19-18(16)17;;/h1-5,7-8,10H,12H2;;/q-3;;. The molecule has 2 nitrogen and oxygen atoms in total. The Morgan fingerprint density at radius 2 is 1.95 bits per heavy atom. The van der Waals surface area contributed by atoms with Crippen LogP contribution in [0.4, 0.5) is 0 Å². The molecule has 1 aromatic heterocycles. The molecule has 0 spiro atoms. The predicted molar refractivity (Wildman–Crippen MR) is 75.9 cm³/mol. The molecule has 0 N–H and O–H groups in total. The Hall–Kier alpha value is -0.857. The molecule has 0 bridgehead atoms. The summed E-state index contributed by atoms with van der Waals surface area (Å²) in [5.41, 5.74) is 4.80. The van der Waals surface area contributed by atoms with Gasteiger partial charge in [-0.2, -0.15) is 35.4 Å². The van der Waals surface area contributed by atoms with E-state index in [0.29, 0.717) is 6.61 Å². The molecule has 4 heteroatoms. The van der Waals surface area contributed by atoms with Gasteiger partial charge in [0.25, 0.3) is 0 Å². The van der Waals surface area contributed by atoms with E-state index in [-0.39, 0.29) is 52.8 Å². The van der Waals surface area contributed by atoms with Gasteiger partial charge in [-0.25, -0.2) is 29.3 Å². The van der Waals surface area contributed by atoms with Gasteiger partial charge in [0.2, 0.25) is 0 Å². The molecular formula is C18H10IrNOY-3. The third-order valence-electron chi connectivity index (χ3n) is 3.33. The SMILES string of the molecule is [Ir].[Y].[c-]1ccccc1-c1[c-]c2c([c-]c1)-c1ncccc1OC2. The van der Waals surface area contributed by atoms with E-state index in [1.54, 1.807) is 6.20 Å². The molecule has 0 amide bonds. The van der Waals surface area contributed by atoms with E-state index in [1.165, 1.54) is 0 Å². The summed E-state index contributed by atoms with van der Waals surface area (Å²) in [7, 11) is 0. The fourth-order valence-electron chi connectivity index (χ4n) is 2.36. The van der Waals surface area contributed by atoms with Crippen LogP contribution in [-0.4, -0.2) is 4.98 Å². The van der Waals surface area contributed by atoms with E-state index in [0.717, 1.165) is 33.7 Å². The van der Waals surface area contributed by atoms with E-state index < -0.39 is 0 Å². The van der Waals surface area contributed by atoms with Gasteiger partial charge in [-0.3, -0.25) is 0 Å². The number of aromatic nitrogens is 1. The summed E-state index contributed by atoms with van der Waals surface area (Å²) in [6.45, 7) is 0.505. The molecule has 0 fully saturated rings. The molecule has 0 saturated heterocycles. The molecule has 108 valence electrons. The molecule has 0 atom stereocenters. The van der Waals surface area contributed by atoms with Gasteiger partial charge in [-0.1, -0.05) is 0 Å². The molecule has 2 heterocycles. The van der Waals surface area contributed by atoms with Crippen LogP contribution >= 0.6 is 0 Å². The fourth-order valence-corrected chi connectivity index (χ4v) is 2.36. The minimum atomic E-state index is 0. The van der Waals surface area contributed by atoms with Gasteiger partial charge in [0.05, 0.1) is 12.4 Å². The van der Waals surface area contributed by atoms with Crippen molar-refractivity contribution in [3.63, 3.8) is 0 Å². The van der Waals surface area contributed by atoms with Crippen LogP contribution in [0.5, 0.6) is 5.75 Å². The minimum absolute atomic E-state index is 0. The maximum atomic E-state index is 5.72. The zero-order valence-electron chi connectivity index (χ0n) is 11.6. The summed E-state index contributed by atoms with van der Waals surface area (Å²) in [5, 5.41) is 0. The van der Waals surface area contributed by atoms with Crippen LogP contribution in [0.2, 0.25) is 0 Å². The first-order valence-electron chi connectivity index (χ1n) is 6.44. The Morgan fingerprint density at radius 1 is 1.05 bits per heavy atom. The molecular weight excluding hydrogens is 527 g/mol. The van der Waals surface area contributed by atoms with Gasteiger partial charge in [0, 0.05) is 59.0 Å². The van der Waals surface area contributed by atoms with Crippen LogP contribution < -0.4 is 4.74 Å². The van der Waals surface area contributed by atoms with Crippen molar-refractivity contribution in [2.45, 2.75) is 6.61 Å². The fraction of sp³-hybridized carbons (Fsp3) is 0.0556. The number of hydrogen-bond donors (Lipinski definition) is 0. The minimum Gasteiger partial charge on any atom is -0.508 e. The Balaban J connectivity index is 0.000000882. The van der Waals surface area contributed by atoms with E-state index in [4.69, 9.17) is 4.74 Å². The monoisotopic (exact) mass is 538 g/mol. The normalized spacial score (nSPS) is 11.1. The largest absolute Gasteiger partial charge is 0.508 e. The number of pyridine rings is 1. The van der Waals surface area contributed by atoms with Crippen LogP contribution in [0.25, 0.3) is 22.4 Å². The van der Waals surface area contributed by atoms with Crippen molar-refractivity contribution >= 4 is 0 Å². The molecule has 3 aromatic rings. The Morgan fingerprint density at radius 3 is 2.77 bits per heavy atom. The van der Waals surface area contributed by atoms with Crippen LogP contribution in [-0.2, 0) is 59.4 Å². The average molecular weight is 537 g/mol. The Kier molecular flexibility index (Phi) is 6.05. The first-order valence-corrected chi connectivity index (χ1v) is 6.44. The third kappa shape index (κ3) is 3.23. The Bertz CT molecular complexity index is 777. The van der Waals surface area contributed by atoms with E-state index >= 15 is 0 Å². The van der Waals surface area contributed by atoms with Crippen molar-refractivity contribution in [3.05, 3.63) is 72.4 Å². The zero-order chi connectivity index (χ0) is 13.4. The number of rotatable bonds is 1. The van der Waals surface area contributed by atoms with Gasteiger partial charge in [-0.05, 0) is 17.8 Å². The second-order valence-corrected chi connectivity index (χ2v) is 4.60. The first kappa shape index (κ1) is 17.5. The van der Waals surface area contributed by atoms with Crippen molar-refractivity contribution in [2.24, 2.45) is 0 Å². The van der Waals surface area contributed by atoms with Crippen LogP contribution in [0, 0.1) is 18.2 Å². The van der Waals surface area contributed by atoms with Crippen molar-refractivity contribution in [2.75, 3.05) is 0 Å². The summed E-state index contributed by atoms with van der Waals surface area (Å²) in [6, 6.07) is 23.5. The molecule has 4 rings (SSSR count). The number of fused-ring (bicyclic) bond motifs is 3. The van der Waals surface area contributed by atoms with Gasteiger partial charge in [0.1, 0.15) is 0 Å². The summed E-state index contributed by atoms with van der Waals surface area (Å²) in [5.74, 6) is 0.809. The quantitative estimate of drug-likeness (QED) is 0.442. The second kappa shape index (κ2) is 7.61.